The van der Waals surface area contributed by atoms with E-state index in [1.165, 1.54) is 5.52 Å². The molecule has 3 aromatic rings. The average molecular weight is 528 g/mol. The predicted octanol–water partition coefficient (Wildman–Crippen LogP) is 3.92. The molecule has 1 atom stereocenters. The quantitative estimate of drug-likeness (QED) is 0.208. The van der Waals surface area contributed by atoms with Gasteiger partial charge >= 0.3 is 0 Å². The fourth-order valence-electron chi connectivity index (χ4n) is 3.02. The van der Waals surface area contributed by atoms with Gasteiger partial charge in [0.15, 0.2) is 5.96 Å². The number of nitrogens with zero attached hydrogens (tertiary/aromatic N) is 5. The van der Waals surface area contributed by atoms with Gasteiger partial charge in [0, 0.05) is 39.7 Å². The number of imidazole rings is 1. The standard InChI is InChI=1S/C20H28N6OS.HI/c1-15(27-4)19-24-16(13-28-19)12-25(3)20(21-2)22-10-7-11-26-14-23-17-8-5-6-9-18(17)26;/h5-6,8-9,13-15H,7,10-12H2,1-4H3,(H,21,22);1H. The first kappa shape index (κ1) is 23.6. The lowest BCUT2D eigenvalue weighted by atomic mass is 10.3. The monoisotopic (exact) mass is 528 g/mol. The summed E-state index contributed by atoms with van der Waals surface area (Å²) in [6.45, 7) is 4.47. The SMILES string of the molecule is CN=C(NCCCn1cnc2ccccc21)N(C)Cc1csc(C(C)OC)n1.I. The first-order valence-corrected chi connectivity index (χ1v) is 10.3. The normalized spacial score (nSPS) is 12.6. The molecule has 1 N–H and O–H groups in total. The zero-order chi connectivity index (χ0) is 19.9. The molecule has 0 spiro atoms. The lowest BCUT2D eigenvalue weighted by Crippen LogP contribution is -2.39. The number of hydrogen-bond acceptors (Lipinski definition) is 5. The largest absolute Gasteiger partial charge is 0.375 e. The van der Waals surface area contributed by atoms with Gasteiger partial charge in [0.1, 0.15) is 11.1 Å². The smallest absolute Gasteiger partial charge is 0.193 e. The molecule has 1 aromatic carbocycles. The van der Waals surface area contributed by atoms with E-state index >= 15 is 0 Å². The van der Waals surface area contributed by atoms with E-state index in [0.29, 0.717) is 6.54 Å². The molecule has 1 unspecified atom stereocenters. The number of aryl methyl sites for hydroxylation is 1. The highest BCUT2D eigenvalue weighted by atomic mass is 127. The van der Waals surface area contributed by atoms with Crippen molar-refractivity contribution in [2.45, 2.75) is 32.5 Å². The summed E-state index contributed by atoms with van der Waals surface area (Å²) in [5.41, 5.74) is 3.24. The number of aromatic nitrogens is 3. The Morgan fingerprint density at radius 3 is 2.93 bits per heavy atom. The van der Waals surface area contributed by atoms with E-state index in [2.05, 4.69) is 41.2 Å². The van der Waals surface area contributed by atoms with Crippen LogP contribution in [0.3, 0.4) is 0 Å². The zero-order valence-electron chi connectivity index (χ0n) is 17.3. The third kappa shape index (κ3) is 6.13. The minimum absolute atomic E-state index is 0. The number of fused-ring (bicyclic) bond motifs is 1. The van der Waals surface area contributed by atoms with Crippen molar-refractivity contribution in [1.82, 2.24) is 24.8 Å². The zero-order valence-corrected chi connectivity index (χ0v) is 20.5. The molecule has 3 rings (SSSR count). The third-order valence-corrected chi connectivity index (χ3v) is 5.68. The van der Waals surface area contributed by atoms with Gasteiger partial charge in [-0.1, -0.05) is 12.1 Å². The number of aliphatic imine (C=N–C) groups is 1. The van der Waals surface area contributed by atoms with E-state index in [1.54, 1.807) is 18.4 Å². The van der Waals surface area contributed by atoms with Crippen molar-refractivity contribution in [3.8, 4) is 0 Å². The van der Waals surface area contributed by atoms with Gasteiger partial charge in [0.05, 0.1) is 29.6 Å². The van der Waals surface area contributed by atoms with Crippen LogP contribution < -0.4 is 5.32 Å². The number of methoxy groups -OCH3 is 1. The topological polar surface area (TPSA) is 67.6 Å². The highest BCUT2D eigenvalue weighted by Gasteiger charge is 2.12. The fourth-order valence-corrected chi connectivity index (χ4v) is 3.87. The second-order valence-electron chi connectivity index (χ2n) is 6.67. The van der Waals surface area contributed by atoms with Crippen LogP contribution in [0.2, 0.25) is 0 Å². The van der Waals surface area contributed by atoms with Gasteiger partial charge in [-0.2, -0.15) is 0 Å². The summed E-state index contributed by atoms with van der Waals surface area (Å²) in [4.78, 5) is 15.6. The summed E-state index contributed by atoms with van der Waals surface area (Å²) in [6, 6.07) is 8.21. The summed E-state index contributed by atoms with van der Waals surface area (Å²) in [7, 11) is 5.54. The van der Waals surface area contributed by atoms with Crippen LogP contribution in [0.5, 0.6) is 0 Å². The van der Waals surface area contributed by atoms with Gasteiger partial charge in [-0.15, -0.1) is 35.3 Å². The first-order valence-electron chi connectivity index (χ1n) is 9.41. The van der Waals surface area contributed by atoms with Crippen molar-refractivity contribution in [3.05, 3.63) is 46.7 Å². The van der Waals surface area contributed by atoms with Gasteiger partial charge in [-0.05, 0) is 25.5 Å². The first-order chi connectivity index (χ1) is 13.6. The maximum absolute atomic E-state index is 5.34. The third-order valence-electron chi connectivity index (χ3n) is 4.63. The number of guanidine groups is 1. The number of thiazole rings is 1. The van der Waals surface area contributed by atoms with Crippen LogP contribution in [0.15, 0.2) is 41.0 Å². The Bertz CT molecular complexity index is 924. The highest BCUT2D eigenvalue weighted by Crippen LogP contribution is 2.20. The molecule has 7 nitrogen and oxygen atoms in total. The van der Waals surface area contributed by atoms with Crippen molar-refractivity contribution in [2.75, 3.05) is 27.7 Å². The number of hydrogen-bond donors (Lipinski definition) is 1. The van der Waals surface area contributed by atoms with Crippen LogP contribution in [0.25, 0.3) is 11.0 Å². The number of halogens is 1. The Morgan fingerprint density at radius 1 is 1.38 bits per heavy atom. The Kier molecular flexibility index (Phi) is 9.31. The van der Waals surface area contributed by atoms with E-state index < -0.39 is 0 Å². The molecule has 0 radical (unpaired) electrons. The number of ether oxygens (including phenoxy) is 1. The molecule has 0 saturated carbocycles. The van der Waals surface area contributed by atoms with Crippen LogP contribution >= 0.6 is 35.3 Å². The van der Waals surface area contributed by atoms with Gasteiger partial charge < -0.3 is 19.5 Å². The van der Waals surface area contributed by atoms with Crippen molar-refractivity contribution in [2.24, 2.45) is 4.99 Å². The maximum atomic E-state index is 5.34. The van der Waals surface area contributed by atoms with E-state index in [1.807, 2.05) is 45.5 Å². The highest BCUT2D eigenvalue weighted by molar-refractivity contribution is 14.0. The molecule has 2 aromatic heterocycles. The van der Waals surface area contributed by atoms with Gasteiger partial charge in [-0.25, -0.2) is 9.97 Å². The molecular formula is C20H29IN6OS. The summed E-state index contributed by atoms with van der Waals surface area (Å²) in [6.07, 6.45) is 2.92. The van der Waals surface area contributed by atoms with Gasteiger partial charge in [0.25, 0.3) is 0 Å². The summed E-state index contributed by atoms with van der Waals surface area (Å²) >= 11 is 1.63. The molecule has 2 heterocycles. The fraction of sp³-hybridized carbons (Fsp3) is 0.450. The van der Waals surface area contributed by atoms with E-state index in [4.69, 9.17) is 4.74 Å². The van der Waals surface area contributed by atoms with Crippen molar-refractivity contribution >= 4 is 52.3 Å². The lowest BCUT2D eigenvalue weighted by Gasteiger charge is -2.21. The number of benzene rings is 1. The summed E-state index contributed by atoms with van der Waals surface area (Å²) < 4.78 is 7.53. The molecule has 0 amide bonds. The number of rotatable bonds is 8. The molecule has 29 heavy (non-hydrogen) atoms. The molecule has 0 aliphatic rings. The Labute approximate surface area is 193 Å². The molecule has 0 aliphatic carbocycles. The molecule has 0 fully saturated rings. The molecule has 0 bridgehead atoms. The molecular weight excluding hydrogens is 499 g/mol. The van der Waals surface area contributed by atoms with Crippen LogP contribution in [0.1, 0.15) is 30.2 Å². The van der Waals surface area contributed by atoms with Crippen molar-refractivity contribution in [1.29, 1.82) is 0 Å². The van der Waals surface area contributed by atoms with Crippen molar-refractivity contribution in [3.63, 3.8) is 0 Å². The molecule has 9 heteroatoms. The van der Waals surface area contributed by atoms with Crippen molar-refractivity contribution < 1.29 is 4.74 Å². The molecule has 158 valence electrons. The van der Waals surface area contributed by atoms with Crippen LogP contribution in [-0.2, 0) is 17.8 Å². The maximum Gasteiger partial charge on any atom is 0.193 e. The van der Waals surface area contributed by atoms with Crippen LogP contribution in [-0.4, -0.2) is 53.1 Å². The van der Waals surface area contributed by atoms with E-state index in [0.717, 1.165) is 41.7 Å². The van der Waals surface area contributed by atoms with E-state index in [-0.39, 0.29) is 30.1 Å². The van der Waals surface area contributed by atoms with Crippen LogP contribution in [0.4, 0.5) is 0 Å². The van der Waals surface area contributed by atoms with E-state index in [9.17, 15) is 0 Å². The molecule has 0 saturated heterocycles. The van der Waals surface area contributed by atoms with Gasteiger partial charge in [0.2, 0.25) is 0 Å². The second kappa shape index (κ2) is 11.5. The minimum Gasteiger partial charge on any atom is -0.375 e. The number of nitrogens with one attached hydrogen (secondary N) is 1. The predicted molar refractivity (Wildman–Crippen MR) is 130 cm³/mol. The average Bonchev–Trinajstić information content (AvgIpc) is 3.34. The minimum atomic E-state index is 0. The van der Waals surface area contributed by atoms with Gasteiger partial charge in [-0.3, -0.25) is 4.99 Å². The van der Waals surface area contributed by atoms with Crippen LogP contribution in [0, 0.1) is 0 Å². The summed E-state index contributed by atoms with van der Waals surface area (Å²) in [5.74, 6) is 0.866. The Hall–Kier alpha value is -1.72. The molecule has 0 aliphatic heterocycles. The Morgan fingerprint density at radius 2 is 2.17 bits per heavy atom. The summed E-state index contributed by atoms with van der Waals surface area (Å²) in [5, 5.41) is 6.52. The lowest BCUT2D eigenvalue weighted by molar-refractivity contribution is 0.119. The Balaban J connectivity index is 0.00000300. The second-order valence-corrected chi connectivity index (χ2v) is 7.55. The number of para-hydroxylation sites is 2.